The Hall–Kier alpha value is -0.590. The molecule has 0 aromatic carbocycles. The van der Waals surface area contributed by atoms with Gasteiger partial charge in [0.2, 0.25) is 0 Å². The van der Waals surface area contributed by atoms with Crippen LogP contribution in [0.5, 0.6) is 0 Å². The predicted molar refractivity (Wildman–Crippen MR) is 53.7 cm³/mol. The summed E-state index contributed by atoms with van der Waals surface area (Å²) < 4.78 is 0. The maximum absolute atomic E-state index is 7.59. The SMILES string of the molecule is CC(=N)C1=C(C)CC(C)(C)CC1. The van der Waals surface area contributed by atoms with Crippen molar-refractivity contribution in [2.75, 3.05) is 0 Å². The van der Waals surface area contributed by atoms with Gasteiger partial charge in [-0.3, -0.25) is 0 Å². The predicted octanol–water partition coefficient (Wildman–Crippen LogP) is 3.55. The lowest BCUT2D eigenvalue weighted by Gasteiger charge is -2.31. The third-order valence-electron chi connectivity index (χ3n) is 2.76. The van der Waals surface area contributed by atoms with Gasteiger partial charge >= 0.3 is 0 Å². The smallest absolute Gasteiger partial charge is 0.0314 e. The van der Waals surface area contributed by atoms with Gasteiger partial charge in [0, 0.05) is 5.71 Å². The van der Waals surface area contributed by atoms with E-state index in [4.69, 9.17) is 5.41 Å². The van der Waals surface area contributed by atoms with E-state index in [1.165, 1.54) is 24.0 Å². The summed E-state index contributed by atoms with van der Waals surface area (Å²) in [4.78, 5) is 0. The van der Waals surface area contributed by atoms with E-state index in [0.29, 0.717) is 5.41 Å². The van der Waals surface area contributed by atoms with Crippen LogP contribution in [0.3, 0.4) is 0 Å². The second kappa shape index (κ2) is 3.04. The first-order valence-electron chi connectivity index (χ1n) is 4.66. The number of hydrogen-bond donors (Lipinski definition) is 1. The van der Waals surface area contributed by atoms with Gasteiger partial charge in [-0.1, -0.05) is 19.4 Å². The molecule has 1 N–H and O–H groups in total. The molecule has 1 heteroatoms. The van der Waals surface area contributed by atoms with Gasteiger partial charge in [0.15, 0.2) is 0 Å². The zero-order valence-electron chi connectivity index (χ0n) is 8.62. The summed E-state index contributed by atoms with van der Waals surface area (Å²) in [6.45, 7) is 8.70. The molecule has 0 aromatic rings. The highest BCUT2D eigenvalue weighted by Gasteiger charge is 2.25. The molecular weight excluding hydrogens is 146 g/mol. The van der Waals surface area contributed by atoms with Gasteiger partial charge in [0.25, 0.3) is 0 Å². The largest absolute Gasteiger partial charge is 0.305 e. The van der Waals surface area contributed by atoms with Crippen LogP contribution in [-0.4, -0.2) is 5.71 Å². The molecule has 1 nitrogen and oxygen atoms in total. The highest BCUT2D eigenvalue weighted by atomic mass is 14.4. The molecule has 0 atom stereocenters. The van der Waals surface area contributed by atoms with Crippen molar-refractivity contribution in [2.24, 2.45) is 5.41 Å². The highest BCUT2D eigenvalue weighted by Crippen LogP contribution is 2.38. The molecule has 0 spiro atoms. The quantitative estimate of drug-likeness (QED) is 0.574. The monoisotopic (exact) mass is 165 g/mol. The number of allylic oxidation sites excluding steroid dienone is 2. The van der Waals surface area contributed by atoms with Crippen LogP contribution in [0.25, 0.3) is 0 Å². The molecule has 0 aliphatic heterocycles. The van der Waals surface area contributed by atoms with E-state index in [9.17, 15) is 0 Å². The first kappa shape index (κ1) is 9.50. The van der Waals surface area contributed by atoms with E-state index in [2.05, 4.69) is 20.8 Å². The average molecular weight is 165 g/mol. The van der Waals surface area contributed by atoms with E-state index in [1.54, 1.807) is 0 Å². The Labute approximate surface area is 75.4 Å². The van der Waals surface area contributed by atoms with E-state index in [1.807, 2.05) is 6.92 Å². The van der Waals surface area contributed by atoms with Gasteiger partial charge in [-0.05, 0) is 44.1 Å². The molecule has 0 aromatic heterocycles. The molecule has 0 unspecified atom stereocenters. The standard InChI is InChI=1S/C11H19N/c1-8-7-11(3,4)6-5-10(8)9(2)12/h12H,5-7H2,1-4H3. The first-order valence-corrected chi connectivity index (χ1v) is 4.66. The van der Waals surface area contributed by atoms with Gasteiger partial charge in [-0.15, -0.1) is 0 Å². The van der Waals surface area contributed by atoms with E-state index in [0.717, 1.165) is 12.1 Å². The van der Waals surface area contributed by atoms with Crippen LogP contribution >= 0.6 is 0 Å². The molecule has 1 aliphatic carbocycles. The van der Waals surface area contributed by atoms with Crippen molar-refractivity contribution >= 4 is 5.71 Å². The molecule has 0 saturated carbocycles. The molecule has 68 valence electrons. The molecule has 0 saturated heterocycles. The second-order valence-electron chi connectivity index (χ2n) is 4.72. The number of nitrogens with one attached hydrogen (secondary N) is 1. The van der Waals surface area contributed by atoms with Crippen molar-refractivity contribution < 1.29 is 0 Å². The Morgan fingerprint density at radius 2 is 2.00 bits per heavy atom. The fourth-order valence-electron chi connectivity index (χ4n) is 2.10. The Balaban J connectivity index is 2.85. The van der Waals surface area contributed by atoms with Crippen LogP contribution < -0.4 is 0 Å². The molecule has 0 amide bonds. The minimum atomic E-state index is 0.461. The molecule has 1 aliphatic rings. The fraction of sp³-hybridized carbons (Fsp3) is 0.727. The van der Waals surface area contributed by atoms with Crippen molar-refractivity contribution in [1.29, 1.82) is 5.41 Å². The third-order valence-corrected chi connectivity index (χ3v) is 2.76. The lowest BCUT2D eigenvalue weighted by atomic mass is 9.74. The minimum absolute atomic E-state index is 0.461. The molecule has 0 bridgehead atoms. The van der Waals surface area contributed by atoms with E-state index < -0.39 is 0 Å². The lowest BCUT2D eigenvalue weighted by molar-refractivity contribution is 0.317. The summed E-state index contributed by atoms with van der Waals surface area (Å²) in [6, 6.07) is 0. The van der Waals surface area contributed by atoms with E-state index in [-0.39, 0.29) is 0 Å². The number of hydrogen-bond acceptors (Lipinski definition) is 1. The Morgan fingerprint density at radius 1 is 1.42 bits per heavy atom. The molecule has 0 fully saturated rings. The lowest BCUT2D eigenvalue weighted by Crippen LogP contribution is -2.19. The molecular formula is C11H19N. The Bertz CT molecular complexity index is 233. The van der Waals surface area contributed by atoms with Crippen LogP contribution in [0.15, 0.2) is 11.1 Å². The normalized spacial score (nSPS) is 22.7. The highest BCUT2D eigenvalue weighted by molar-refractivity contribution is 5.96. The summed E-state index contributed by atoms with van der Waals surface area (Å²) in [5.74, 6) is 0. The maximum Gasteiger partial charge on any atom is 0.0314 e. The van der Waals surface area contributed by atoms with Crippen LogP contribution in [0.2, 0.25) is 0 Å². The van der Waals surface area contributed by atoms with Crippen molar-refractivity contribution in [1.82, 2.24) is 0 Å². The summed E-state index contributed by atoms with van der Waals surface area (Å²) >= 11 is 0. The minimum Gasteiger partial charge on any atom is -0.305 e. The summed E-state index contributed by atoms with van der Waals surface area (Å²) in [7, 11) is 0. The zero-order valence-corrected chi connectivity index (χ0v) is 8.62. The van der Waals surface area contributed by atoms with Gasteiger partial charge < -0.3 is 5.41 Å². The molecule has 0 heterocycles. The van der Waals surface area contributed by atoms with Gasteiger partial charge in [0.1, 0.15) is 0 Å². The average Bonchev–Trinajstić information content (AvgIpc) is 1.83. The second-order valence-corrected chi connectivity index (χ2v) is 4.72. The zero-order chi connectivity index (χ0) is 9.35. The van der Waals surface area contributed by atoms with E-state index >= 15 is 0 Å². The van der Waals surface area contributed by atoms with Crippen molar-refractivity contribution in [2.45, 2.75) is 47.0 Å². The van der Waals surface area contributed by atoms with Crippen LogP contribution in [0.1, 0.15) is 47.0 Å². The number of rotatable bonds is 1. The summed E-state index contributed by atoms with van der Waals surface area (Å²) in [6.07, 6.45) is 3.50. The molecule has 1 rings (SSSR count). The Kier molecular flexibility index (Phi) is 2.41. The van der Waals surface area contributed by atoms with Crippen molar-refractivity contribution in [3.05, 3.63) is 11.1 Å². The molecule has 0 radical (unpaired) electrons. The van der Waals surface area contributed by atoms with Crippen molar-refractivity contribution in [3.63, 3.8) is 0 Å². The van der Waals surface area contributed by atoms with Gasteiger partial charge in [-0.25, -0.2) is 0 Å². The maximum atomic E-state index is 7.59. The fourth-order valence-corrected chi connectivity index (χ4v) is 2.10. The van der Waals surface area contributed by atoms with Crippen LogP contribution in [-0.2, 0) is 0 Å². The summed E-state index contributed by atoms with van der Waals surface area (Å²) in [5, 5.41) is 7.59. The Morgan fingerprint density at radius 3 is 2.42 bits per heavy atom. The van der Waals surface area contributed by atoms with Gasteiger partial charge in [-0.2, -0.15) is 0 Å². The van der Waals surface area contributed by atoms with Crippen molar-refractivity contribution in [3.8, 4) is 0 Å². The van der Waals surface area contributed by atoms with Crippen LogP contribution in [0.4, 0.5) is 0 Å². The molecule has 12 heavy (non-hydrogen) atoms. The topological polar surface area (TPSA) is 23.9 Å². The summed E-state index contributed by atoms with van der Waals surface area (Å²) in [5.41, 5.74) is 3.96. The first-order chi connectivity index (χ1) is 5.42. The third kappa shape index (κ3) is 1.96. The van der Waals surface area contributed by atoms with Gasteiger partial charge in [0.05, 0.1) is 0 Å². The van der Waals surface area contributed by atoms with Crippen LogP contribution in [0, 0.1) is 10.8 Å².